The van der Waals surface area contributed by atoms with E-state index in [0.717, 1.165) is 10.5 Å². The van der Waals surface area contributed by atoms with Crippen LogP contribution >= 0.6 is 0 Å². The Morgan fingerprint density at radius 1 is 1.26 bits per heavy atom. The number of carbonyl (C=O) groups is 3. The zero-order valence-corrected chi connectivity index (χ0v) is 14.4. The monoisotopic (exact) mass is 368 g/mol. The van der Waals surface area contributed by atoms with Crippen LogP contribution in [0.3, 0.4) is 0 Å². The third-order valence-corrected chi connectivity index (χ3v) is 4.06. The van der Waals surface area contributed by atoms with E-state index in [4.69, 9.17) is 0 Å². The molecule has 2 N–H and O–H groups in total. The highest BCUT2D eigenvalue weighted by Crippen LogP contribution is 2.22. The summed E-state index contributed by atoms with van der Waals surface area (Å²) in [5.74, 6) is -0.942. The number of hydrogen-bond acceptors (Lipinski definition) is 5. The fourth-order valence-corrected chi connectivity index (χ4v) is 2.73. The van der Waals surface area contributed by atoms with Gasteiger partial charge in [0.05, 0.1) is 18.0 Å². The molecule has 0 aliphatic carbocycles. The second kappa shape index (κ2) is 7.24. The number of anilines is 1. The van der Waals surface area contributed by atoms with E-state index in [9.17, 15) is 24.5 Å². The zero-order chi connectivity index (χ0) is 19.6. The summed E-state index contributed by atoms with van der Waals surface area (Å²) >= 11 is 0. The molecule has 1 aliphatic heterocycles. The van der Waals surface area contributed by atoms with Crippen molar-refractivity contribution in [2.45, 2.75) is 13.5 Å². The topological polar surface area (TPSA) is 122 Å². The Morgan fingerprint density at radius 2 is 2.04 bits per heavy atom. The van der Waals surface area contributed by atoms with Gasteiger partial charge < -0.3 is 10.6 Å². The molecule has 0 spiro atoms. The molecule has 0 saturated carbocycles. The normalized spacial score (nSPS) is 13.4. The Hall–Kier alpha value is -3.75. The quantitative estimate of drug-likeness (QED) is 0.476. The number of urea groups is 1. The maximum atomic E-state index is 12.5. The van der Waals surface area contributed by atoms with Crippen molar-refractivity contribution in [3.63, 3.8) is 0 Å². The standard InChI is InChI=1S/C18H16N4O5/c1-11-5-6-15(22(26)27)14(7-11)17(24)20-13-4-2-3-12(8-13)10-21-16(23)9-19-18(21)25/h2-8H,9-10H2,1H3,(H,19,25)(H,20,24). The van der Waals surface area contributed by atoms with Gasteiger partial charge in [-0.1, -0.05) is 18.2 Å². The molecule has 1 fully saturated rings. The van der Waals surface area contributed by atoms with Gasteiger partial charge in [0, 0.05) is 11.8 Å². The average Bonchev–Trinajstić information content (AvgIpc) is 2.93. The lowest BCUT2D eigenvalue weighted by atomic mass is 10.1. The molecular formula is C18H16N4O5. The lowest BCUT2D eigenvalue weighted by Gasteiger charge is -2.13. The maximum Gasteiger partial charge on any atom is 0.324 e. The van der Waals surface area contributed by atoms with Gasteiger partial charge in [0.25, 0.3) is 11.6 Å². The molecule has 0 bridgehead atoms. The summed E-state index contributed by atoms with van der Waals surface area (Å²) in [6.45, 7) is 1.77. The lowest BCUT2D eigenvalue weighted by molar-refractivity contribution is -0.385. The molecule has 0 aromatic heterocycles. The van der Waals surface area contributed by atoms with E-state index in [1.807, 2.05) is 0 Å². The SMILES string of the molecule is Cc1ccc([N+](=O)[O-])c(C(=O)Nc2cccc(CN3C(=O)CNC3=O)c2)c1. The molecule has 138 valence electrons. The molecule has 2 aromatic carbocycles. The van der Waals surface area contributed by atoms with Gasteiger partial charge in [-0.3, -0.25) is 24.6 Å². The Kier molecular flexibility index (Phi) is 4.84. The fourth-order valence-electron chi connectivity index (χ4n) is 2.73. The number of nitro groups is 1. The van der Waals surface area contributed by atoms with Crippen LogP contribution in [0, 0.1) is 17.0 Å². The van der Waals surface area contributed by atoms with Crippen LogP contribution < -0.4 is 10.6 Å². The summed E-state index contributed by atoms with van der Waals surface area (Å²) in [6.07, 6.45) is 0. The summed E-state index contributed by atoms with van der Waals surface area (Å²) in [5.41, 5.74) is 1.43. The van der Waals surface area contributed by atoms with Crippen molar-refractivity contribution in [3.05, 3.63) is 69.3 Å². The van der Waals surface area contributed by atoms with Crippen LogP contribution in [0.25, 0.3) is 0 Å². The van der Waals surface area contributed by atoms with Gasteiger partial charge in [0.2, 0.25) is 5.91 Å². The molecule has 0 radical (unpaired) electrons. The van der Waals surface area contributed by atoms with Gasteiger partial charge in [0.15, 0.2) is 0 Å². The molecule has 3 rings (SSSR count). The van der Waals surface area contributed by atoms with E-state index in [2.05, 4.69) is 10.6 Å². The molecular weight excluding hydrogens is 352 g/mol. The number of aryl methyl sites for hydroxylation is 1. The van der Waals surface area contributed by atoms with Crippen LogP contribution in [0.5, 0.6) is 0 Å². The van der Waals surface area contributed by atoms with Gasteiger partial charge in [-0.25, -0.2) is 4.79 Å². The van der Waals surface area contributed by atoms with Crippen molar-refractivity contribution >= 4 is 29.2 Å². The van der Waals surface area contributed by atoms with Crippen molar-refractivity contribution in [3.8, 4) is 0 Å². The maximum absolute atomic E-state index is 12.5. The molecule has 1 heterocycles. The number of nitrogens with one attached hydrogen (secondary N) is 2. The van der Waals surface area contributed by atoms with E-state index >= 15 is 0 Å². The first-order valence-corrected chi connectivity index (χ1v) is 8.08. The van der Waals surface area contributed by atoms with E-state index in [1.54, 1.807) is 37.3 Å². The number of amides is 4. The number of imide groups is 1. The lowest BCUT2D eigenvalue weighted by Crippen LogP contribution is -2.30. The smallest absolute Gasteiger partial charge is 0.324 e. The number of nitro benzene ring substituents is 1. The molecule has 27 heavy (non-hydrogen) atoms. The Labute approximate surface area is 154 Å². The highest BCUT2D eigenvalue weighted by molar-refractivity contribution is 6.07. The summed E-state index contributed by atoms with van der Waals surface area (Å²) in [6, 6.07) is 10.4. The summed E-state index contributed by atoms with van der Waals surface area (Å²) in [4.78, 5) is 47.4. The number of hydrogen-bond donors (Lipinski definition) is 2. The molecule has 9 heteroatoms. The largest absolute Gasteiger partial charge is 0.329 e. The van der Waals surface area contributed by atoms with Crippen LogP contribution in [-0.2, 0) is 11.3 Å². The molecule has 1 saturated heterocycles. The molecule has 0 unspecified atom stereocenters. The highest BCUT2D eigenvalue weighted by atomic mass is 16.6. The van der Waals surface area contributed by atoms with Crippen molar-refractivity contribution in [2.24, 2.45) is 0 Å². The van der Waals surface area contributed by atoms with Gasteiger partial charge in [-0.15, -0.1) is 0 Å². The van der Waals surface area contributed by atoms with Crippen LogP contribution in [0.2, 0.25) is 0 Å². The summed E-state index contributed by atoms with van der Waals surface area (Å²) in [5, 5.41) is 16.2. The minimum Gasteiger partial charge on any atom is -0.329 e. The number of nitrogens with zero attached hydrogens (tertiary/aromatic N) is 2. The molecule has 0 atom stereocenters. The first kappa shape index (κ1) is 18.1. The van der Waals surface area contributed by atoms with Crippen molar-refractivity contribution in [1.82, 2.24) is 10.2 Å². The van der Waals surface area contributed by atoms with Crippen molar-refractivity contribution in [1.29, 1.82) is 0 Å². The third-order valence-electron chi connectivity index (χ3n) is 4.06. The first-order chi connectivity index (χ1) is 12.8. The predicted molar refractivity (Wildman–Crippen MR) is 96.2 cm³/mol. The molecule has 4 amide bonds. The van der Waals surface area contributed by atoms with E-state index in [0.29, 0.717) is 11.3 Å². The minimum absolute atomic E-state index is 0.0354. The number of rotatable bonds is 5. The van der Waals surface area contributed by atoms with Gasteiger partial charge in [0.1, 0.15) is 5.56 Å². The highest BCUT2D eigenvalue weighted by Gasteiger charge is 2.28. The van der Waals surface area contributed by atoms with Gasteiger partial charge in [-0.05, 0) is 36.2 Å². The van der Waals surface area contributed by atoms with Crippen LogP contribution in [0.1, 0.15) is 21.5 Å². The zero-order valence-electron chi connectivity index (χ0n) is 14.4. The van der Waals surface area contributed by atoms with Crippen molar-refractivity contribution < 1.29 is 19.3 Å². The predicted octanol–water partition coefficient (Wildman–Crippen LogP) is 2.21. The second-order valence-corrected chi connectivity index (χ2v) is 6.07. The van der Waals surface area contributed by atoms with Crippen LogP contribution in [0.4, 0.5) is 16.2 Å². The van der Waals surface area contributed by atoms with E-state index in [1.165, 1.54) is 12.1 Å². The molecule has 9 nitrogen and oxygen atoms in total. The van der Waals surface area contributed by atoms with Gasteiger partial charge >= 0.3 is 6.03 Å². The Morgan fingerprint density at radius 3 is 2.70 bits per heavy atom. The molecule has 1 aliphatic rings. The summed E-state index contributed by atoms with van der Waals surface area (Å²) < 4.78 is 0. The van der Waals surface area contributed by atoms with Gasteiger partial charge in [-0.2, -0.15) is 0 Å². The van der Waals surface area contributed by atoms with Crippen LogP contribution in [0.15, 0.2) is 42.5 Å². The first-order valence-electron chi connectivity index (χ1n) is 8.08. The average molecular weight is 368 g/mol. The molecule has 2 aromatic rings. The number of carbonyl (C=O) groups excluding carboxylic acids is 3. The fraction of sp³-hybridized carbons (Fsp3) is 0.167. The summed E-state index contributed by atoms with van der Waals surface area (Å²) in [7, 11) is 0. The Bertz CT molecular complexity index is 941. The minimum atomic E-state index is -0.613. The second-order valence-electron chi connectivity index (χ2n) is 6.07. The third kappa shape index (κ3) is 3.92. The van der Waals surface area contributed by atoms with E-state index in [-0.39, 0.29) is 30.2 Å². The van der Waals surface area contributed by atoms with E-state index < -0.39 is 16.9 Å². The van der Waals surface area contributed by atoms with Crippen LogP contribution in [-0.4, -0.2) is 34.2 Å². The number of benzene rings is 2. The Balaban J connectivity index is 1.80. The van der Waals surface area contributed by atoms with Crippen molar-refractivity contribution in [2.75, 3.05) is 11.9 Å².